The molecule has 0 radical (unpaired) electrons. The number of rotatable bonds is 1. The van der Waals surface area contributed by atoms with E-state index in [-0.39, 0.29) is 11.7 Å². The lowest BCUT2D eigenvalue weighted by atomic mass is 10.0. The van der Waals surface area contributed by atoms with Crippen molar-refractivity contribution in [2.24, 2.45) is 0 Å². The van der Waals surface area contributed by atoms with Crippen LogP contribution in [0.2, 0.25) is 0 Å². The van der Waals surface area contributed by atoms with Crippen LogP contribution >= 0.6 is 0 Å². The molecular formula is C9H15NO2. The zero-order valence-corrected chi connectivity index (χ0v) is 7.43. The second-order valence-corrected chi connectivity index (χ2v) is 3.86. The maximum Gasteiger partial charge on any atom is 0.304 e. The van der Waals surface area contributed by atoms with Crippen LogP contribution in [0.1, 0.15) is 39.0 Å². The van der Waals surface area contributed by atoms with E-state index in [2.05, 4.69) is 5.32 Å². The molecule has 3 nitrogen and oxygen atoms in total. The Morgan fingerprint density at radius 3 is 3.08 bits per heavy atom. The van der Waals surface area contributed by atoms with Crippen molar-refractivity contribution in [2.45, 2.75) is 50.8 Å². The Balaban J connectivity index is 2.05. The van der Waals surface area contributed by atoms with E-state index >= 15 is 0 Å². The number of nitrogens with one attached hydrogen (secondary N) is 1. The van der Waals surface area contributed by atoms with Gasteiger partial charge in [0.15, 0.2) is 5.72 Å². The fourth-order valence-electron chi connectivity index (χ4n) is 2.38. The van der Waals surface area contributed by atoms with Gasteiger partial charge in [-0.2, -0.15) is 0 Å². The van der Waals surface area contributed by atoms with Gasteiger partial charge in [-0.25, -0.2) is 0 Å². The lowest BCUT2D eigenvalue weighted by Gasteiger charge is -2.33. The van der Waals surface area contributed by atoms with E-state index in [4.69, 9.17) is 4.74 Å². The van der Waals surface area contributed by atoms with Crippen molar-refractivity contribution >= 4 is 5.97 Å². The summed E-state index contributed by atoms with van der Waals surface area (Å²) in [6.07, 6.45) is 5.57. The molecule has 0 aromatic rings. The average Bonchev–Trinajstić information content (AvgIpc) is 2.25. The molecule has 0 aromatic carbocycles. The van der Waals surface area contributed by atoms with E-state index in [1.807, 2.05) is 0 Å². The Morgan fingerprint density at radius 2 is 2.33 bits per heavy atom. The molecule has 12 heavy (non-hydrogen) atoms. The average molecular weight is 169 g/mol. The highest BCUT2D eigenvalue weighted by molar-refractivity contribution is 5.66. The first-order valence-electron chi connectivity index (χ1n) is 4.67. The van der Waals surface area contributed by atoms with Crippen LogP contribution < -0.4 is 5.32 Å². The lowest BCUT2D eigenvalue weighted by molar-refractivity contribution is -0.161. The predicted molar refractivity (Wildman–Crippen MR) is 44.5 cm³/mol. The number of fused-ring (bicyclic) bond motifs is 2. The molecule has 0 saturated carbocycles. The maximum atomic E-state index is 10.8. The zero-order chi connectivity index (χ0) is 8.60. The van der Waals surface area contributed by atoms with Gasteiger partial charge in [0, 0.05) is 25.8 Å². The van der Waals surface area contributed by atoms with Gasteiger partial charge in [0.05, 0.1) is 0 Å². The van der Waals surface area contributed by atoms with E-state index in [0.717, 1.165) is 19.3 Å². The largest absolute Gasteiger partial charge is 0.444 e. The Kier molecular flexibility index (Phi) is 1.83. The Hall–Kier alpha value is -0.570. The van der Waals surface area contributed by atoms with Crippen molar-refractivity contribution in [3.63, 3.8) is 0 Å². The highest BCUT2D eigenvalue weighted by Crippen LogP contribution is 2.36. The molecule has 2 unspecified atom stereocenters. The summed E-state index contributed by atoms with van der Waals surface area (Å²) in [7, 11) is 0. The van der Waals surface area contributed by atoms with Crippen molar-refractivity contribution < 1.29 is 9.53 Å². The summed E-state index contributed by atoms with van der Waals surface area (Å²) >= 11 is 0. The van der Waals surface area contributed by atoms with Crippen molar-refractivity contribution in [1.29, 1.82) is 0 Å². The SMILES string of the molecule is CC(=O)OC12CCCC(CC1)N2. The maximum absolute atomic E-state index is 10.8. The first-order valence-corrected chi connectivity index (χ1v) is 4.67. The molecule has 2 aliphatic rings. The van der Waals surface area contributed by atoms with Crippen molar-refractivity contribution in [3.8, 4) is 0 Å². The molecule has 3 heteroatoms. The normalized spacial score (nSPS) is 39.6. The number of hydrogen-bond donors (Lipinski definition) is 1. The molecule has 2 atom stereocenters. The smallest absolute Gasteiger partial charge is 0.304 e. The number of carbonyl (C=O) groups excluding carboxylic acids is 1. The summed E-state index contributed by atoms with van der Waals surface area (Å²) in [5.74, 6) is -0.162. The van der Waals surface area contributed by atoms with Crippen LogP contribution in [-0.4, -0.2) is 17.7 Å². The molecule has 2 fully saturated rings. The van der Waals surface area contributed by atoms with E-state index in [1.54, 1.807) is 0 Å². The van der Waals surface area contributed by atoms with Gasteiger partial charge in [0.25, 0.3) is 0 Å². The Labute approximate surface area is 72.5 Å². The van der Waals surface area contributed by atoms with E-state index < -0.39 is 0 Å². The fraction of sp³-hybridized carbons (Fsp3) is 0.889. The minimum Gasteiger partial charge on any atom is -0.444 e. The van der Waals surface area contributed by atoms with Crippen LogP contribution in [0.25, 0.3) is 0 Å². The van der Waals surface area contributed by atoms with Crippen LogP contribution in [0.3, 0.4) is 0 Å². The van der Waals surface area contributed by atoms with Gasteiger partial charge in [-0.3, -0.25) is 10.1 Å². The van der Waals surface area contributed by atoms with Gasteiger partial charge in [0.2, 0.25) is 0 Å². The van der Waals surface area contributed by atoms with Crippen molar-refractivity contribution in [1.82, 2.24) is 5.32 Å². The molecule has 68 valence electrons. The van der Waals surface area contributed by atoms with Crippen LogP contribution in [0.4, 0.5) is 0 Å². The molecule has 2 heterocycles. The summed E-state index contributed by atoms with van der Waals surface area (Å²) < 4.78 is 5.32. The summed E-state index contributed by atoms with van der Waals surface area (Å²) in [6, 6.07) is 0.595. The molecule has 2 bridgehead atoms. The minimum absolute atomic E-state index is 0.162. The van der Waals surface area contributed by atoms with Crippen LogP contribution in [-0.2, 0) is 9.53 Å². The molecule has 0 spiro atoms. The van der Waals surface area contributed by atoms with Crippen molar-refractivity contribution in [2.75, 3.05) is 0 Å². The summed E-state index contributed by atoms with van der Waals surface area (Å²) in [5, 5.41) is 3.39. The summed E-state index contributed by atoms with van der Waals surface area (Å²) in [4.78, 5) is 10.8. The Bertz CT molecular complexity index is 201. The zero-order valence-electron chi connectivity index (χ0n) is 7.43. The molecule has 2 saturated heterocycles. The van der Waals surface area contributed by atoms with Gasteiger partial charge < -0.3 is 4.74 Å². The number of hydrogen-bond acceptors (Lipinski definition) is 3. The van der Waals surface area contributed by atoms with Crippen LogP contribution in [0.5, 0.6) is 0 Å². The van der Waals surface area contributed by atoms with E-state index in [0.29, 0.717) is 6.04 Å². The van der Waals surface area contributed by atoms with E-state index in [1.165, 1.54) is 19.8 Å². The number of piperidine rings is 1. The lowest BCUT2D eigenvalue weighted by Crippen LogP contribution is -2.49. The van der Waals surface area contributed by atoms with Gasteiger partial charge in [-0.1, -0.05) is 0 Å². The third kappa shape index (κ3) is 1.33. The third-order valence-corrected chi connectivity index (χ3v) is 2.84. The van der Waals surface area contributed by atoms with Gasteiger partial charge in [-0.15, -0.1) is 0 Å². The Morgan fingerprint density at radius 1 is 1.50 bits per heavy atom. The molecule has 0 aromatic heterocycles. The fourth-order valence-corrected chi connectivity index (χ4v) is 2.38. The van der Waals surface area contributed by atoms with Crippen LogP contribution in [0.15, 0.2) is 0 Å². The van der Waals surface area contributed by atoms with Gasteiger partial charge in [0.1, 0.15) is 0 Å². The molecular weight excluding hydrogens is 154 g/mol. The minimum atomic E-state index is -0.283. The molecule has 2 aliphatic heterocycles. The van der Waals surface area contributed by atoms with Crippen molar-refractivity contribution in [3.05, 3.63) is 0 Å². The number of ether oxygens (including phenoxy) is 1. The molecule has 0 amide bonds. The summed E-state index contributed by atoms with van der Waals surface area (Å²) in [6.45, 7) is 1.48. The third-order valence-electron chi connectivity index (χ3n) is 2.84. The first kappa shape index (κ1) is 8.05. The topological polar surface area (TPSA) is 38.3 Å². The molecule has 0 aliphatic carbocycles. The predicted octanol–water partition coefficient (Wildman–Crippen LogP) is 1.18. The molecule has 1 N–H and O–H groups in total. The first-order chi connectivity index (χ1) is 5.70. The van der Waals surface area contributed by atoms with Crippen LogP contribution in [0, 0.1) is 0 Å². The number of carbonyl (C=O) groups is 1. The second-order valence-electron chi connectivity index (χ2n) is 3.86. The van der Waals surface area contributed by atoms with Gasteiger partial charge in [-0.05, 0) is 19.3 Å². The number of esters is 1. The van der Waals surface area contributed by atoms with E-state index in [9.17, 15) is 4.79 Å². The van der Waals surface area contributed by atoms with Gasteiger partial charge >= 0.3 is 5.97 Å². The monoisotopic (exact) mass is 169 g/mol. The second kappa shape index (κ2) is 2.73. The standard InChI is InChI=1S/C9H15NO2/c1-7(11)12-9-5-2-3-8(10-9)4-6-9/h8,10H,2-6H2,1H3. The highest BCUT2D eigenvalue weighted by atomic mass is 16.6. The highest BCUT2D eigenvalue weighted by Gasteiger charge is 2.43. The quantitative estimate of drug-likeness (QED) is 0.599. The summed E-state index contributed by atoms with van der Waals surface area (Å²) in [5.41, 5.74) is -0.283. The molecule has 2 rings (SSSR count).